The van der Waals surface area contributed by atoms with Gasteiger partial charge in [0.25, 0.3) is 5.89 Å². The first-order valence-electron chi connectivity index (χ1n) is 9.02. The summed E-state index contributed by atoms with van der Waals surface area (Å²) in [5, 5.41) is 4.29. The summed E-state index contributed by atoms with van der Waals surface area (Å²) in [7, 11) is 0. The summed E-state index contributed by atoms with van der Waals surface area (Å²) < 4.78 is 46.1. The van der Waals surface area contributed by atoms with Gasteiger partial charge in [-0.1, -0.05) is 36.3 Å². The highest BCUT2D eigenvalue weighted by molar-refractivity contribution is 5.82. The zero-order valence-corrected chi connectivity index (χ0v) is 15.4. The van der Waals surface area contributed by atoms with E-state index in [1.54, 1.807) is 18.3 Å². The average molecular weight is 399 g/mol. The molecule has 0 bridgehead atoms. The quantitative estimate of drug-likeness (QED) is 0.476. The first-order valence-corrected chi connectivity index (χ1v) is 9.02. The van der Waals surface area contributed by atoms with Crippen molar-refractivity contribution in [1.29, 1.82) is 0 Å². The van der Waals surface area contributed by atoms with Crippen LogP contribution in [0.4, 0.5) is 13.2 Å². The standard InChI is InChI=1S/C21H16F3N3O2/c1-2-10-27-12-16(18(28)15-8-3-4-9-17(15)27)20-25-19(26-29-20)13-6-5-7-14(11-13)21(22,23)24/h3-9,11-12H,2,10H2,1H3. The highest BCUT2D eigenvalue weighted by Gasteiger charge is 2.31. The summed E-state index contributed by atoms with van der Waals surface area (Å²) in [6.45, 7) is 2.70. The summed E-state index contributed by atoms with van der Waals surface area (Å²) in [5.74, 6) is -0.0429. The number of nitrogens with zero attached hydrogens (tertiary/aromatic N) is 3. The van der Waals surface area contributed by atoms with E-state index in [0.29, 0.717) is 11.9 Å². The Morgan fingerprint density at radius 3 is 2.66 bits per heavy atom. The van der Waals surface area contributed by atoms with Gasteiger partial charge in [0.15, 0.2) is 0 Å². The zero-order chi connectivity index (χ0) is 20.6. The molecule has 0 atom stereocenters. The molecule has 148 valence electrons. The maximum absolute atomic E-state index is 13.0. The first kappa shape index (κ1) is 18.9. The SMILES string of the molecule is CCCn1cc(-c2nc(-c3cccc(C(F)(F)F)c3)no2)c(=O)c2ccccc21. The molecule has 0 aliphatic heterocycles. The van der Waals surface area contributed by atoms with Crippen LogP contribution in [0.3, 0.4) is 0 Å². The van der Waals surface area contributed by atoms with Crippen LogP contribution in [0.5, 0.6) is 0 Å². The van der Waals surface area contributed by atoms with Crippen LogP contribution in [0, 0.1) is 0 Å². The molecule has 8 heteroatoms. The van der Waals surface area contributed by atoms with Crippen molar-refractivity contribution in [1.82, 2.24) is 14.7 Å². The van der Waals surface area contributed by atoms with Gasteiger partial charge in [-0.05, 0) is 30.7 Å². The molecule has 0 amide bonds. The number of aryl methyl sites for hydroxylation is 1. The van der Waals surface area contributed by atoms with E-state index < -0.39 is 11.7 Å². The van der Waals surface area contributed by atoms with E-state index >= 15 is 0 Å². The Morgan fingerprint density at radius 1 is 1.10 bits per heavy atom. The van der Waals surface area contributed by atoms with E-state index in [9.17, 15) is 18.0 Å². The molecule has 0 saturated carbocycles. The number of para-hydroxylation sites is 1. The third kappa shape index (κ3) is 3.53. The van der Waals surface area contributed by atoms with E-state index in [0.717, 1.165) is 24.1 Å². The number of pyridine rings is 1. The number of rotatable bonds is 4. The lowest BCUT2D eigenvalue weighted by atomic mass is 10.1. The van der Waals surface area contributed by atoms with Crippen molar-refractivity contribution in [3.8, 4) is 22.8 Å². The van der Waals surface area contributed by atoms with E-state index in [1.165, 1.54) is 12.1 Å². The summed E-state index contributed by atoms with van der Waals surface area (Å²) in [6, 6.07) is 11.9. The second-order valence-corrected chi connectivity index (χ2v) is 6.58. The van der Waals surface area contributed by atoms with Gasteiger partial charge in [-0.15, -0.1) is 0 Å². The van der Waals surface area contributed by atoms with Crippen molar-refractivity contribution >= 4 is 10.9 Å². The molecule has 4 aromatic rings. The van der Waals surface area contributed by atoms with Gasteiger partial charge in [0.2, 0.25) is 11.3 Å². The number of benzene rings is 2. The summed E-state index contributed by atoms with van der Waals surface area (Å²) in [4.78, 5) is 17.1. The maximum Gasteiger partial charge on any atom is 0.416 e. The summed E-state index contributed by atoms with van der Waals surface area (Å²) in [6.07, 6.45) is -1.97. The van der Waals surface area contributed by atoms with Crippen LogP contribution in [-0.4, -0.2) is 14.7 Å². The molecule has 0 N–H and O–H groups in total. The van der Waals surface area contributed by atoms with E-state index in [4.69, 9.17) is 4.52 Å². The predicted molar refractivity (Wildman–Crippen MR) is 102 cm³/mol. The van der Waals surface area contributed by atoms with Crippen molar-refractivity contribution in [3.05, 3.63) is 70.5 Å². The number of aromatic nitrogens is 3. The second-order valence-electron chi connectivity index (χ2n) is 6.58. The molecule has 5 nitrogen and oxygen atoms in total. The van der Waals surface area contributed by atoms with Crippen molar-refractivity contribution in [2.45, 2.75) is 26.1 Å². The van der Waals surface area contributed by atoms with Crippen LogP contribution >= 0.6 is 0 Å². The van der Waals surface area contributed by atoms with E-state index in [1.807, 2.05) is 23.6 Å². The van der Waals surface area contributed by atoms with Crippen LogP contribution < -0.4 is 5.43 Å². The highest BCUT2D eigenvalue weighted by Crippen LogP contribution is 2.32. The first-order chi connectivity index (χ1) is 13.9. The molecule has 2 aromatic carbocycles. The Labute approximate surface area is 163 Å². The fourth-order valence-corrected chi connectivity index (χ4v) is 3.21. The lowest BCUT2D eigenvalue weighted by Crippen LogP contribution is -2.12. The molecule has 0 unspecified atom stereocenters. The molecule has 0 aliphatic rings. The molecular formula is C21H16F3N3O2. The minimum Gasteiger partial charge on any atom is -0.346 e. The normalized spacial score (nSPS) is 11.9. The van der Waals surface area contributed by atoms with Crippen LogP contribution in [0.2, 0.25) is 0 Å². The third-order valence-electron chi connectivity index (χ3n) is 4.56. The largest absolute Gasteiger partial charge is 0.416 e. The lowest BCUT2D eigenvalue weighted by Gasteiger charge is -2.11. The van der Waals surface area contributed by atoms with Crippen molar-refractivity contribution < 1.29 is 17.7 Å². The van der Waals surface area contributed by atoms with Gasteiger partial charge in [0.1, 0.15) is 5.56 Å². The van der Waals surface area contributed by atoms with Gasteiger partial charge in [0.05, 0.1) is 11.1 Å². The van der Waals surface area contributed by atoms with Crippen molar-refractivity contribution in [3.63, 3.8) is 0 Å². The maximum atomic E-state index is 13.0. The molecule has 29 heavy (non-hydrogen) atoms. The minimum atomic E-state index is -4.48. The topological polar surface area (TPSA) is 60.9 Å². The average Bonchev–Trinajstić information content (AvgIpc) is 3.20. The summed E-state index contributed by atoms with van der Waals surface area (Å²) in [5.41, 5.74) is 0.0812. The summed E-state index contributed by atoms with van der Waals surface area (Å²) >= 11 is 0. The molecule has 0 fully saturated rings. The minimum absolute atomic E-state index is 0.0132. The fourth-order valence-electron chi connectivity index (χ4n) is 3.21. The van der Waals surface area contributed by atoms with Crippen molar-refractivity contribution in [2.24, 2.45) is 0 Å². The lowest BCUT2D eigenvalue weighted by molar-refractivity contribution is -0.137. The van der Waals surface area contributed by atoms with Gasteiger partial charge in [0, 0.05) is 23.7 Å². The number of fused-ring (bicyclic) bond motifs is 1. The van der Waals surface area contributed by atoms with Gasteiger partial charge >= 0.3 is 6.18 Å². The molecule has 2 aromatic heterocycles. The van der Waals surface area contributed by atoms with Gasteiger partial charge in [-0.2, -0.15) is 18.2 Å². The Bertz CT molecular complexity index is 1240. The van der Waals surface area contributed by atoms with E-state index in [2.05, 4.69) is 10.1 Å². The highest BCUT2D eigenvalue weighted by atomic mass is 19.4. The number of hydrogen-bond acceptors (Lipinski definition) is 4. The third-order valence-corrected chi connectivity index (χ3v) is 4.56. The van der Waals surface area contributed by atoms with Gasteiger partial charge < -0.3 is 9.09 Å². The smallest absolute Gasteiger partial charge is 0.346 e. The van der Waals surface area contributed by atoms with Crippen LogP contribution in [0.15, 0.2) is 64.0 Å². The molecule has 0 spiro atoms. The molecule has 4 rings (SSSR count). The predicted octanol–water partition coefficient (Wildman–Crippen LogP) is 5.15. The fraction of sp³-hybridized carbons (Fsp3) is 0.190. The Balaban J connectivity index is 1.82. The van der Waals surface area contributed by atoms with Crippen molar-refractivity contribution in [2.75, 3.05) is 0 Å². The Kier molecular flexibility index (Phi) is 4.70. The van der Waals surface area contributed by atoms with Crippen LogP contribution in [0.25, 0.3) is 33.7 Å². The number of halogens is 3. The molecular weight excluding hydrogens is 383 g/mol. The monoisotopic (exact) mass is 399 g/mol. The Hall–Kier alpha value is -3.42. The van der Waals surface area contributed by atoms with Gasteiger partial charge in [-0.3, -0.25) is 4.79 Å². The van der Waals surface area contributed by atoms with Crippen LogP contribution in [0.1, 0.15) is 18.9 Å². The number of alkyl halides is 3. The van der Waals surface area contributed by atoms with Gasteiger partial charge in [-0.25, -0.2) is 0 Å². The molecule has 0 saturated heterocycles. The Morgan fingerprint density at radius 2 is 1.90 bits per heavy atom. The van der Waals surface area contributed by atoms with Crippen LogP contribution in [-0.2, 0) is 12.7 Å². The molecule has 0 aliphatic carbocycles. The molecule has 2 heterocycles. The number of hydrogen-bond donors (Lipinski definition) is 0. The molecule has 0 radical (unpaired) electrons. The zero-order valence-electron chi connectivity index (χ0n) is 15.4. The second kappa shape index (κ2) is 7.20. The van der Waals surface area contributed by atoms with E-state index in [-0.39, 0.29) is 28.3 Å².